The minimum Gasteiger partial charge on any atom is -0.457 e. The van der Waals surface area contributed by atoms with E-state index in [0.717, 1.165) is 5.56 Å². The van der Waals surface area contributed by atoms with Crippen LogP contribution in [-0.2, 0) is 4.79 Å². The van der Waals surface area contributed by atoms with Gasteiger partial charge in [0.05, 0.1) is 0 Å². The molecule has 0 radical (unpaired) electrons. The average Bonchev–Trinajstić information content (AvgIpc) is 3.08. The molecule has 8 heteroatoms. The summed E-state index contributed by atoms with van der Waals surface area (Å²) in [4.78, 5) is 12.0. The van der Waals surface area contributed by atoms with E-state index in [1.165, 1.54) is 12.2 Å². The largest absolute Gasteiger partial charge is 0.457 e. The summed E-state index contributed by atoms with van der Waals surface area (Å²) >= 11 is 23.0. The summed E-state index contributed by atoms with van der Waals surface area (Å²) in [6.45, 7) is 0. The molecular formula is C20H13Cl3N2O2S. The molecule has 142 valence electrons. The third-order valence-corrected chi connectivity index (χ3v) is 4.37. The summed E-state index contributed by atoms with van der Waals surface area (Å²) in [6.07, 6.45) is 2.85. The Morgan fingerprint density at radius 3 is 2.43 bits per heavy atom. The van der Waals surface area contributed by atoms with Gasteiger partial charge in [0.2, 0.25) is 5.91 Å². The molecule has 4 nitrogen and oxygen atoms in total. The number of nitrogens with one attached hydrogen (secondary N) is 2. The molecule has 2 aromatic carbocycles. The predicted molar refractivity (Wildman–Crippen MR) is 119 cm³/mol. The monoisotopic (exact) mass is 450 g/mol. The molecule has 0 fully saturated rings. The Labute approximate surface area is 182 Å². The summed E-state index contributed by atoms with van der Waals surface area (Å²) in [7, 11) is 0. The van der Waals surface area contributed by atoms with Gasteiger partial charge in [-0.1, -0.05) is 40.9 Å². The van der Waals surface area contributed by atoms with Crippen LogP contribution < -0.4 is 10.6 Å². The Hall–Kier alpha value is -2.31. The fraction of sp³-hybridized carbons (Fsp3) is 0. The maximum atomic E-state index is 12.0. The van der Waals surface area contributed by atoms with Crippen LogP contribution in [0.4, 0.5) is 5.69 Å². The summed E-state index contributed by atoms with van der Waals surface area (Å²) in [6, 6.07) is 15.6. The lowest BCUT2D eigenvalue weighted by atomic mass is 10.2. The van der Waals surface area contributed by atoms with Gasteiger partial charge in [-0.15, -0.1) is 0 Å². The molecule has 0 bridgehead atoms. The van der Waals surface area contributed by atoms with E-state index in [1.807, 2.05) is 0 Å². The minimum atomic E-state index is -0.400. The molecule has 0 saturated heterocycles. The molecule has 0 atom stereocenters. The highest BCUT2D eigenvalue weighted by Crippen LogP contribution is 2.28. The number of anilines is 1. The van der Waals surface area contributed by atoms with Crippen LogP contribution in [0, 0.1) is 0 Å². The van der Waals surface area contributed by atoms with Gasteiger partial charge in [-0.25, -0.2) is 0 Å². The zero-order chi connectivity index (χ0) is 20.1. The highest BCUT2D eigenvalue weighted by atomic mass is 35.5. The molecule has 1 aromatic heterocycles. The maximum absolute atomic E-state index is 12.0. The number of furan rings is 1. The Kier molecular flexibility index (Phi) is 6.75. The molecule has 2 N–H and O–H groups in total. The van der Waals surface area contributed by atoms with Crippen LogP contribution in [0.3, 0.4) is 0 Å². The minimum absolute atomic E-state index is 0.158. The second kappa shape index (κ2) is 9.26. The van der Waals surface area contributed by atoms with Gasteiger partial charge in [0, 0.05) is 32.4 Å². The Bertz CT molecular complexity index is 1040. The van der Waals surface area contributed by atoms with Crippen LogP contribution in [0.1, 0.15) is 5.76 Å². The van der Waals surface area contributed by atoms with Crippen molar-refractivity contribution >= 4 is 69.8 Å². The first-order valence-electron chi connectivity index (χ1n) is 8.01. The first-order chi connectivity index (χ1) is 13.4. The second-order valence-electron chi connectivity index (χ2n) is 5.65. The number of hydrogen-bond acceptors (Lipinski definition) is 3. The van der Waals surface area contributed by atoms with Crippen molar-refractivity contribution < 1.29 is 9.21 Å². The van der Waals surface area contributed by atoms with Crippen molar-refractivity contribution in [3.8, 4) is 11.3 Å². The van der Waals surface area contributed by atoms with Crippen molar-refractivity contribution in [2.45, 2.75) is 0 Å². The van der Waals surface area contributed by atoms with Crippen LogP contribution >= 0.6 is 47.0 Å². The van der Waals surface area contributed by atoms with Gasteiger partial charge in [-0.05, 0) is 66.8 Å². The van der Waals surface area contributed by atoms with Crippen molar-refractivity contribution in [1.29, 1.82) is 0 Å². The van der Waals surface area contributed by atoms with Crippen molar-refractivity contribution in [2.24, 2.45) is 0 Å². The Morgan fingerprint density at radius 2 is 1.71 bits per heavy atom. The second-order valence-corrected chi connectivity index (χ2v) is 7.36. The number of rotatable bonds is 4. The summed E-state index contributed by atoms with van der Waals surface area (Å²) in [5, 5.41) is 7.17. The zero-order valence-electron chi connectivity index (χ0n) is 14.2. The number of hydrogen-bond donors (Lipinski definition) is 2. The van der Waals surface area contributed by atoms with Crippen LogP contribution in [0.2, 0.25) is 15.1 Å². The number of carbonyl (C=O) groups excluding carboxylic acids is 1. The number of halogens is 3. The molecule has 0 aliphatic rings. The van der Waals surface area contributed by atoms with E-state index in [9.17, 15) is 4.79 Å². The highest BCUT2D eigenvalue weighted by molar-refractivity contribution is 7.80. The van der Waals surface area contributed by atoms with Crippen LogP contribution in [-0.4, -0.2) is 11.0 Å². The van der Waals surface area contributed by atoms with E-state index in [2.05, 4.69) is 10.6 Å². The maximum Gasteiger partial charge on any atom is 0.250 e. The van der Waals surface area contributed by atoms with Gasteiger partial charge >= 0.3 is 0 Å². The van der Waals surface area contributed by atoms with Gasteiger partial charge in [0.1, 0.15) is 11.5 Å². The number of thiocarbonyl (C=S) groups is 1. The summed E-state index contributed by atoms with van der Waals surface area (Å²) in [5.41, 5.74) is 1.42. The standard InChI is InChI=1S/C20H13Cl3N2O2S/c21-13-2-1-3-16(11-13)24-20(28)25-19(26)7-5-17-4-6-18(27-17)12-8-14(22)10-15(23)9-12/h1-11H,(H2,24,25,26,28)/b7-5+. The smallest absolute Gasteiger partial charge is 0.250 e. The molecule has 1 heterocycles. The van der Waals surface area contributed by atoms with Crippen LogP contribution in [0.15, 0.2) is 65.1 Å². The topological polar surface area (TPSA) is 54.3 Å². The molecule has 0 unspecified atom stereocenters. The van der Waals surface area contributed by atoms with Crippen LogP contribution in [0.5, 0.6) is 0 Å². The fourth-order valence-electron chi connectivity index (χ4n) is 2.33. The number of amides is 1. The van der Waals surface area contributed by atoms with E-state index in [1.54, 1.807) is 54.6 Å². The number of benzene rings is 2. The molecular weight excluding hydrogens is 439 g/mol. The van der Waals surface area contributed by atoms with Crippen molar-refractivity contribution in [2.75, 3.05) is 5.32 Å². The van der Waals surface area contributed by atoms with Gasteiger partial charge in [-0.3, -0.25) is 10.1 Å². The van der Waals surface area contributed by atoms with Crippen LogP contribution in [0.25, 0.3) is 17.4 Å². The van der Waals surface area contributed by atoms with E-state index in [-0.39, 0.29) is 5.11 Å². The predicted octanol–water partition coefficient (Wildman–Crippen LogP) is 6.43. The average molecular weight is 452 g/mol. The molecule has 28 heavy (non-hydrogen) atoms. The lowest BCUT2D eigenvalue weighted by Crippen LogP contribution is -2.32. The quantitative estimate of drug-likeness (QED) is 0.354. The fourth-order valence-corrected chi connectivity index (χ4v) is 3.27. The summed E-state index contributed by atoms with van der Waals surface area (Å²) in [5.74, 6) is 0.681. The van der Waals surface area contributed by atoms with Crippen molar-refractivity contribution in [3.05, 3.63) is 81.5 Å². The van der Waals surface area contributed by atoms with Gasteiger partial charge in [0.25, 0.3) is 0 Å². The third kappa shape index (κ3) is 5.84. The first kappa shape index (κ1) is 20.4. The molecule has 3 aromatic rings. The van der Waals surface area contributed by atoms with Crippen molar-refractivity contribution in [3.63, 3.8) is 0 Å². The molecule has 0 aliphatic heterocycles. The normalized spacial score (nSPS) is 10.8. The first-order valence-corrected chi connectivity index (χ1v) is 9.55. The highest BCUT2D eigenvalue weighted by Gasteiger charge is 2.07. The van der Waals surface area contributed by atoms with E-state index in [4.69, 9.17) is 51.4 Å². The van der Waals surface area contributed by atoms with Gasteiger partial charge in [0.15, 0.2) is 5.11 Å². The number of carbonyl (C=O) groups is 1. The molecule has 3 rings (SSSR count). The molecule has 0 aliphatic carbocycles. The van der Waals surface area contributed by atoms with Crippen molar-refractivity contribution in [1.82, 2.24) is 5.32 Å². The lowest BCUT2D eigenvalue weighted by molar-refractivity contribution is -0.115. The lowest BCUT2D eigenvalue weighted by Gasteiger charge is -2.08. The SMILES string of the molecule is O=C(/C=C/c1ccc(-c2cc(Cl)cc(Cl)c2)o1)NC(=S)Nc1cccc(Cl)c1. The Morgan fingerprint density at radius 1 is 0.964 bits per heavy atom. The van der Waals surface area contributed by atoms with E-state index >= 15 is 0 Å². The molecule has 0 saturated carbocycles. The zero-order valence-corrected chi connectivity index (χ0v) is 17.3. The van der Waals surface area contributed by atoms with E-state index < -0.39 is 5.91 Å². The molecule has 1 amide bonds. The third-order valence-electron chi connectivity index (χ3n) is 3.49. The van der Waals surface area contributed by atoms with E-state index in [0.29, 0.717) is 32.3 Å². The molecule has 0 spiro atoms. The van der Waals surface area contributed by atoms with Gasteiger partial charge < -0.3 is 9.73 Å². The van der Waals surface area contributed by atoms with Gasteiger partial charge in [-0.2, -0.15) is 0 Å². The summed E-state index contributed by atoms with van der Waals surface area (Å²) < 4.78 is 5.70. The Balaban J connectivity index is 1.60.